The zero-order valence-electron chi connectivity index (χ0n) is 10.7. The van der Waals surface area contributed by atoms with E-state index in [4.69, 9.17) is 19.9 Å². The van der Waals surface area contributed by atoms with Gasteiger partial charge in [0.15, 0.2) is 11.5 Å². The van der Waals surface area contributed by atoms with Gasteiger partial charge in [-0.2, -0.15) is 0 Å². The van der Waals surface area contributed by atoms with Crippen LogP contribution in [0.15, 0.2) is 36.4 Å². The Morgan fingerprint density at radius 2 is 1.95 bits per heavy atom. The number of nitrogen functional groups attached to an aromatic ring is 1. The van der Waals surface area contributed by atoms with E-state index < -0.39 is 0 Å². The fraction of sp³-hybridized carbons (Fsp3) is 0.200. The van der Waals surface area contributed by atoms with Crippen LogP contribution in [0, 0.1) is 6.92 Å². The van der Waals surface area contributed by atoms with Crippen LogP contribution in [0.1, 0.15) is 11.1 Å². The zero-order chi connectivity index (χ0) is 13.2. The summed E-state index contributed by atoms with van der Waals surface area (Å²) in [6.07, 6.45) is 0. The van der Waals surface area contributed by atoms with Crippen molar-refractivity contribution in [3.05, 3.63) is 47.5 Å². The van der Waals surface area contributed by atoms with Crippen molar-refractivity contribution in [1.82, 2.24) is 0 Å². The molecule has 19 heavy (non-hydrogen) atoms. The molecule has 0 atom stereocenters. The molecular weight excluding hydrogens is 242 g/mol. The van der Waals surface area contributed by atoms with Crippen molar-refractivity contribution in [2.24, 2.45) is 0 Å². The van der Waals surface area contributed by atoms with Crippen LogP contribution < -0.4 is 19.9 Å². The lowest BCUT2D eigenvalue weighted by molar-refractivity contribution is 0.174. The van der Waals surface area contributed by atoms with Gasteiger partial charge in [-0.25, -0.2) is 0 Å². The van der Waals surface area contributed by atoms with Crippen molar-refractivity contribution in [2.45, 2.75) is 13.5 Å². The first kappa shape index (κ1) is 11.7. The number of aryl methyl sites for hydroxylation is 1. The Morgan fingerprint density at radius 3 is 2.79 bits per heavy atom. The number of hydrogen-bond acceptors (Lipinski definition) is 4. The van der Waals surface area contributed by atoms with Gasteiger partial charge >= 0.3 is 0 Å². The number of hydrogen-bond donors (Lipinski definition) is 1. The molecule has 98 valence electrons. The van der Waals surface area contributed by atoms with Crippen molar-refractivity contribution in [2.75, 3.05) is 12.5 Å². The first-order valence-corrected chi connectivity index (χ1v) is 6.10. The molecule has 2 aromatic rings. The lowest BCUT2D eigenvalue weighted by Crippen LogP contribution is -1.99. The van der Waals surface area contributed by atoms with Gasteiger partial charge in [0, 0.05) is 0 Å². The van der Waals surface area contributed by atoms with Crippen molar-refractivity contribution >= 4 is 5.69 Å². The van der Waals surface area contributed by atoms with E-state index >= 15 is 0 Å². The maximum atomic E-state index is 5.91. The molecule has 0 saturated heterocycles. The smallest absolute Gasteiger partial charge is 0.231 e. The van der Waals surface area contributed by atoms with Crippen LogP contribution in [0.25, 0.3) is 0 Å². The van der Waals surface area contributed by atoms with Crippen LogP contribution in [0.2, 0.25) is 0 Å². The van der Waals surface area contributed by atoms with Gasteiger partial charge in [0.2, 0.25) is 6.79 Å². The number of fused-ring (bicyclic) bond motifs is 1. The third-order valence-corrected chi connectivity index (χ3v) is 3.00. The van der Waals surface area contributed by atoms with E-state index in [-0.39, 0.29) is 6.79 Å². The SMILES string of the molecule is Cc1ccc(OCc2ccc3c(c2)OCO3)c(N)c1. The molecule has 4 heteroatoms. The number of anilines is 1. The Balaban J connectivity index is 1.72. The normalized spacial score (nSPS) is 12.5. The monoisotopic (exact) mass is 257 g/mol. The van der Waals surface area contributed by atoms with Crippen molar-refractivity contribution < 1.29 is 14.2 Å². The summed E-state index contributed by atoms with van der Waals surface area (Å²) in [6, 6.07) is 11.5. The Hall–Kier alpha value is -2.36. The molecule has 4 nitrogen and oxygen atoms in total. The topological polar surface area (TPSA) is 53.7 Å². The minimum Gasteiger partial charge on any atom is -0.487 e. The number of rotatable bonds is 3. The second-order valence-electron chi connectivity index (χ2n) is 4.52. The van der Waals surface area contributed by atoms with Crippen LogP contribution in [0.5, 0.6) is 17.2 Å². The highest BCUT2D eigenvalue weighted by Crippen LogP contribution is 2.33. The van der Waals surface area contributed by atoms with E-state index in [2.05, 4.69) is 0 Å². The predicted molar refractivity (Wildman–Crippen MR) is 72.5 cm³/mol. The first-order chi connectivity index (χ1) is 9.22. The molecule has 0 amide bonds. The second-order valence-corrected chi connectivity index (χ2v) is 4.52. The number of nitrogens with two attached hydrogens (primary N) is 1. The van der Waals surface area contributed by atoms with Gasteiger partial charge in [-0.05, 0) is 42.3 Å². The summed E-state index contributed by atoms with van der Waals surface area (Å²) >= 11 is 0. The quantitative estimate of drug-likeness (QED) is 0.859. The lowest BCUT2D eigenvalue weighted by Gasteiger charge is -2.10. The number of benzene rings is 2. The molecule has 0 spiro atoms. The highest BCUT2D eigenvalue weighted by Gasteiger charge is 2.13. The summed E-state index contributed by atoms with van der Waals surface area (Å²) in [5.74, 6) is 2.24. The van der Waals surface area contributed by atoms with E-state index in [1.807, 2.05) is 43.3 Å². The second kappa shape index (κ2) is 4.72. The molecule has 0 aliphatic carbocycles. The van der Waals surface area contributed by atoms with Gasteiger partial charge in [-0.1, -0.05) is 12.1 Å². The van der Waals surface area contributed by atoms with Crippen LogP contribution in [-0.4, -0.2) is 6.79 Å². The Morgan fingerprint density at radius 1 is 1.11 bits per heavy atom. The fourth-order valence-corrected chi connectivity index (χ4v) is 1.99. The molecule has 1 aliphatic heterocycles. The van der Waals surface area contributed by atoms with Crippen LogP contribution >= 0.6 is 0 Å². The Kier molecular flexibility index (Phi) is 2.91. The first-order valence-electron chi connectivity index (χ1n) is 6.10. The van der Waals surface area contributed by atoms with Crippen LogP contribution in [0.3, 0.4) is 0 Å². The molecular formula is C15H15NO3. The van der Waals surface area contributed by atoms with Gasteiger partial charge in [0.25, 0.3) is 0 Å². The zero-order valence-corrected chi connectivity index (χ0v) is 10.7. The molecule has 1 heterocycles. The van der Waals surface area contributed by atoms with E-state index in [1.165, 1.54) is 0 Å². The molecule has 3 rings (SSSR count). The summed E-state index contributed by atoms with van der Waals surface area (Å²) in [6.45, 7) is 2.73. The lowest BCUT2D eigenvalue weighted by atomic mass is 10.2. The van der Waals surface area contributed by atoms with Gasteiger partial charge in [0.1, 0.15) is 12.4 Å². The van der Waals surface area contributed by atoms with Crippen molar-refractivity contribution in [3.63, 3.8) is 0 Å². The number of ether oxygens (including phenoxy) is 3. The molecule has 0 radical (unpaired) electrons. The minimum absolute atomic E-state index is 0.282. The standard InChI is InChI=1S/C15H15NO3/c1-10-2-4-13(12(16)6-10)17-8-11-3-5-14-15(7-11)19-9-18-14/h2-7H,8-9,16H2,1H3. The largest absolute Gasteiger partial charge is 0.487 e. The molecule has 2 N–H and O–H groups in total. The molecule has 0 unspecified atom stereocenters. The maximum absolute atomic E-state index is 5.91. The summed E-state index contributed by atoms with van der Waals surface area (Å²) < 4.78 is 16.3. The minimum atomic E-state index is 0.282. The Bertz CT molecular complexity index is 610. The maximum Gasteiger partial charge on any atom is 0.231 e. The molecule has 0 aromatic heterocycles. The average Bonchev–Trinajstić information content (AvgIpc) is 2.85. The predicted octanol–water partition coefficient (Wildman–Crippen LogP) is 2.88. The van der Waals surface area contributed by atoms with Crippen LogP contribution in [0.4, 0.5) is 5.69 Å². The highest BCUT2D eigenvalue weighted by molar-refractivity contribution is 5.54. The molecule has 0 fully saturated rings. The summed E-state index contributed by atoms with van der Waals surface area (Å²) in [7, 11) is 0. The van der Waals surface area contributed by atoms with Crippen molar-refractivity contribution in [1.29, 1.82) is 0 Å². The van der Waals surface area contributed by atoms with Crippen molar-refractivity contribution in [3.8, 4) is 17.2 Å². The van der Waals surface area contributed by atoms with Gasteiger partial charge in [0.05, 0.1) is 5.69 Å². The summed E-state index contributed by atoms with van der Waals surface area (Å²) in [5, 5.41) is 0. The summed E-state index contributed by atoms with van der Waals surface area (Å²) in [5.41, 5.74) is 8.70. The summed E-state index contributed by atoms with van der Waals surface area (Å²) in [4.78, 5) is 0. The Labute approximate surface area is 111 Å². The van der Waals surface area contributed by atoms with E-state index in [9.17, 15) is 0 Å². The van der Waals surface area contributed by atoms with Gasteiger partial charge in [-0.15, -0.1) is 0 Å². The highest BCUT2D eigenvalue weighted by atomic mass is 16.7. The van der Waals surface area contributed by atoms with Crippen LogP contribution in [-0.2, 0) is 6.61 Å². The molecule has 0 bridgehead atoms. The molecule has 1 aliphatic rings. The average molecular weight is 257 g/mol. The van der Waals surface area contributed by atoms with E-state index in [0.29, 0.717) is 18.0 Å². The van der Waals surface area contributed by atoms with E-state index in [1.54, 1.807) is 0 Å². The fourth-order valence-electron chi connectivity index (χ4n) is 1.99. The van der Waals surface area contributed by atoms with E-state index in [0.717, 1.165) is 22.6 Å². The van der Waals surface area contributed by atoms with Gasteiger partial charge < -0.3 is 19.9 Å². The molecule has 2 aromatic carbocycles. The molecule has 0 saturated carbocycles. The third-order valence-electron chi connectivity index (χ3n) is 3.00. The van der Waals surface area contributed by atoms with Gasteiger partial charge in [-0.3, -0.25) is 0 Å². The third kappa shape index (κ3) is 2.42.